The first-order valence-corrected chi connectivity index (χ1v) is 11.3. The van der Waals surface area contributed by atoms with Crippen LogP contribution in [0.15, 0.2) is 53.3 Å². The number of hydrogen-bond donors (Lipinski definition) is 2. The van der Waals surface area contributed by atoms with E-state index in [2.05, 4.69) is 20.1 Å². The lowest BCUT2D eigenvalue weighted by Crippen LogP contribution is -2.35. The Kier molecular flexibility index (Phi) is 6.19. The Balaban J connectivity index is 1.39. The number of fused-ring (bicyclic) bond motifs is 1. The third kappa shape index (κ3) is 5.05. The van der Waals surface area contributed by atoms with Crippen molar-refractivity contribution in [3.05, 3.63) is 87.1 Å². The SMILES string of the molecule is O=c1[nH]nc([C@@H](COCc2cc(C(F)(F)F)cc(C(F)(F)F)c2)N2CC3CC3[C@H]2c2ccccc2)[nH]1. The normalized spacial score (nSPS) is 23.0. The van der Waals surface area contributed by atoms with Crippen LogP contribution in [0.4, 0.5) is 26.3 Å². The second-order valence-corrected chi connectivity index (χ2v) is 9.22. The lowest BCUT2D eigenvalue weighted by Gasteiger charge is -2.34. The summed E-state index contributed by atoms with van der Waals surface area (Å²) < 4.78 is 84.9. The van der Waals surface area contributed by atoms with Gasteiger partial charge in [-0.15, -0.1) is 0 Å². The molecule has 2 N–H and O–H groups in total. The number of aromatic nitrogens is 3. The lowest BCUT2D eigenvalue weighted by atomic mass is 10.0. The van der Waals surface area contributed by atoms with Crippen LogP contribution in [0.2, 0.25) is 0 Å². The molecule has 4 atom stereocenters. The van der Waals surface area contributed by atoms with Crippen LogP contribution in [0.3, 0.4) is 0 Å². The minimum absolute atomic E-state index is 0.0235. The monoisotopic (exact) mass is 512 g/mol. The molecule has 0 radical (unpaired) electrons. The lowest BCUT2D eigenvalue weighted by molar-refractivity contribution is -0.143. The Labute approximate surface area is 201 Å². The molecule has 2 aromatic carbocycles. The number of piperidine rings is 1. The third-order valence-electron chi connectivity index (χ3n) is 6.75. The van der Waals surface area contributed by atoms with E-state index >= 15 is 0 Å². The van der Waals surface area contributed by atoms with E-state index in [9.17, 15) is 31.1 Å². The maximum absolute atomic E-state index is 13.2. The number of nitrogens with zero attached hydrogens (tertiary/aromatic N) is 2. The highest BCUT2D eigenvalue weighted by Crippen LogP contribution is 2.58. The highest BCUT2D eigenvalue weighted by atomic mass is 19.4. The van der Waals surface area contributed by atoms with Crippen LogP contribution >= 0.6 is 0 Å². The van der Waals surface area contributed by atoms with Crippen molar-refractivity contribution < 1.29 is 31.1 Å². The molecule has 2 aliphatic rings. The fraction of sp³-hybridized carbons (Fsp3) is 0.417. The Morgan fingerprint density at radius 3 is 2.28 bits per heavy atom. The van der Waals surface area contributed by atoms with Gasteiger partial charge in [0.2, 0.25) is 0 Å². The van der Waals surface area contributed by atoms with Crippen molar-refractivity contribution in [3.63, 3.8) is 0 Å². The van der Waals surface area contributed by atoms with Gasteiger partial charge in [-0.25, -0.2) is 9.89 Å². The number of alkyl halides is 6. The van der Waals surface area contributed by atoms with Gasteiger partial charge in [-0.2, -0.15) is 31.4 Å². The van der Waals surface area contributed by atoms with Gasteiger partial charge in [-0.05, 0) is 47.6 Å². The second-order valence-electron chi connectivity index (χ2n) is 9.22. The smallest absolute Gasteiger partial charge is 0.375 e. The van der Waals surface area contributed by atoms with Crippen molar-refractivity contribution in [1.82, 2.24) is 20.1 Å². The summed E-state index contributed by atoms with van der Waals surface area (Å²) in [7, 11) is 0. The number of nitrogens with one attached hydrogen (secondary N) is 2. The van der Waals surface area contributed by atoms with Crippen molar-refractivity contribution in [2.24, 2.45) is 11.8 Å². The zero-order valence-corrected chi connectivity index (χ0v) is 18.7. The molecule has 2 fully saturated rings. The highest BCUT2D eigenvalue weighted by Gasteiger charge is 2.55. The molecule has 36 heavy (non-hydrogen) atoms. The van der Waals surface area contributed by atoms with Gasteiger partial charge in [0.25, 0.3) is 0 Å². The molecule has 0 bridgehead atoms. The number of benzene rings is 2. The zero-order chi connectivity index (χ0) is 25.7. The van der Waals surface area contributed by atoms with E-state index in [0.717, 1.165) is 12.0 Å². The average Bonchev–Trinajstić information content (AvgIpc) is 3.27. The minimum atomic E-state index is -4.94. The van der Waals surface area contributed by atoms with Crippen LogP contribution in [-0.4, -0.2) is 33.2 Å². The maximum atomic E-state index is 13.2. The first kappa shape index (κ1) is 24.6. The van der Waals surface area contributed by atoms with Gasteiger partial charge in [-0.3, -0.25) is 9.88 Å². The topological polar surface area (TPSA) is 74.0 Å². The number of rotatable bonds is 7. The van der Waals surface area contributed by atoms with Crippen LogP contribution in [0.1, 0.15) is 46.6 Å². The van der Waals surface area contributed by atoms with Crippen molar-refractivity contribution in [2.45, 2.75) is 37.5 Å². The number of hydrogen-bond acceptors (Lipinski definition) is 4. The number of H-pyrrole nitrogens is 2. The largest absolute Gasteiger partial charge is 0.416 e. The van der Waals surface area contributed by atoms with E-state index in [0.29, 0.717) is 36.3 Å². The first-order valence-electron chi connectivity index (χ1n) is 11.3. The molecule has 12 heteroatoms. The summed E-state index contributed by atoms with van der Waals surface area (Å²) in [5, 5.41) is 6.35. The summed E-state index contributed by atoms with van der Waals surface area (Å²) in [5.41, 5.74) is -2.49. The summed E-state index contributed by atoms with van der Waals surface area (Å²) in [4.78, 5) is 16.5. The minimum Gasteiger partial charge on any atom is -0.375 e. The molecular formula is C24H22F6N4O2. The third-order valence-corrected chi connectivity index (χ3v) is 6.75. The molecular weight excluding hydrogens is 490 g/mol. The molecule has 1 saturated carbocycles. The molecule has 0 amide bonds. The number of aromatic amines is 2. The second kappa shape index (κ2) is 9.07. The van der Waals surface area contributed by atoms with E-state index in [1.54, 1.807) is 0 Å². The summed E-state index contributed by atoms with van der Waals surface area (Å²) in [6, 6.07) is 10.6. The average molecular weight is 512 g/mol. The molecule has 2 heterocycles. The predicted molar refractivity (Wildman–Crippen MR) is 116 cm³/mol. The zero-order valence-electron chi connectivity index (χ0n) is 18.7. The molecule has 2 unspecified atom stereocenters. The predicted octanol–water partition coefficient (Wildman–Crippen LogP) is 5.09. The van der Waals surface area contributed by atoms with Gasteiger partial charge in [0.15, 0.2) is 5.82 Å². The van der Waals surface area contributed by atoms with Gasteiger partial charge < -0.3 is 4.74 Å². The standard InChI is InChI=1S/C24H22F6N4O2/c25-23(26,27)16-6-13(7-17(9-16)24(28,29)30)11-36-12-19(21-31-22(35)33-32-21)34-10-15-8-18(15)20(34)14-4-2-1-3-5-14/h1-7,9,15,18-20H,8,10-12H2,(H2,31,32,33,35)/t15?,18?,19-,20-/m1/s1. The molecule has 1 aliphatic carbocycles. The van der Waals surface area contributed by atoms with Gasteiger partial charge >= 0.3 is 18.0 Å². The molecule has 1 aliphatic heterocycles. The molecule has 1 aromatic heterocycles. The van der Waals surface area contributed by atoms with Crippen LogP contribution < -0.4 is 5.69 Å². The maximum Gasteiger partial charge on any atom is 0.416 e. The summed E-state index contributed by atoms with van der Waals surface area (Å²) >= 11 is 0. The number of halogens is 6. The Hall–Kier alpha value is -3.12. The van der Waals surface area contributed by atoms with E-state index in [1.165, 1.54) is 0 Å². The van der Waals surface area contributed by atoms with Crippen LogP contribution in [0.5, 0.6) is 0 Å². The summed E-state index contributed by atoms with van der Waals surface area (Å²) in [6.07, 6.45) is -8.82. The van der Waals surface area contributed by atoms with E-state index in [1.807, 2.05) is 30.3 Å². The van der Waals surface area contributed by atoms with Crippen LogP contribution in [-0.2, 0) is 23.7 Å². The molecule has 3 aromatic rings. The van der Waals surface area contributed by atoms with Crippen molar-refractivity contribution in [1.29, 1.82) is 0 Å². The van der Waals surface area contributed by atoms with E-state index < -0.39 is 41.8 Å². The molecule has 6 nitrogen and oxygen atoms in total. The van der Waals surface area contributed by atoms with E-state index in [4.69, 9.17) is 4.74 Å². The Morgan fingerprint density at radius 1 is 1.03 bits per heavy atom. The Morgan fingerprint density at radius 2 is 1.69 bits per heavy atom. The fourth-order valence-corrected chi connectivity index (χ4v) is 5.07. The molecule has 1 saturated heterocycles. The van der Waals surface area contributed by atoms with Crippen LogP contribution in [0, 0.1) is 11.8 Å². The van der Waals surface area contributed by atoms with Crippen molar-refractivity contribution in [2.75, 3.05) is 13.2 Å². The highest BCUT2D eigenvalue weighted by molar-refractivity contribution is 5.33. The number of likely N-dealkylation sites (tertiary alicyclic amines) is 1. The van der Waals surface area contributed by atoms with Gasteiger partial charge in [0.05, 0.1) is 30.4 Å². The molecule has 0 spiro atoms. The molecule has 5 rings (SSSR count). The quantitative estimate of drug-likeness (QED) is 0.433. The first-order chi connectivity index (χ1) is 17.0. The van der Waals surface area contributed by atoms with Crippen molar-refractivity contribution >= 4 is 0 Å². The van der Waals surface area contributed by atoms with Gasteiger partial charge in [0, 0.05) is 12.6 Å². The Bertz CT molecular complexity index is 1240. The molecule has 192 valence electrons. The summed E-state index contributed by atoms with van der Waals surface area (Å²) in [6.45, 7) is 0.130. The van der Waals surface area contributed by atoms with E-state index in [-0.39, 0.29) is 24.3 Å². The number of ether oxygens (including phenoxy) is 1. The van der Waals surface area contributed by atoms with Crippen molar-refractivity contribution in [3.8, 4) is 0 Å². The van der Waals surface area contributed by atoms with Gasteiger partial charge in [0.1, 0.15) is 0 Å². The van der Waals surface area contributed by atoms with Crippen LogP contribution in [0.25, 0.3) is 0 Å². The van der Waals surface area contributed by atoms with Gasteiger partial charge in [-0.1, -0.05) is 30.3 Å². The fourth-order valence-electron chi connectivity index (χ4n) is 5.07. The summed E-state index contributed by atoms with van der Waals surface area (Å²) in [5.74, 6) is 1.17.